The number of hydrogen-bond acceptors (Lipinski definition) is 2. The van der Waals surface area contributed by atoms with Crippen molar-refractivity contribution in [2.75, 3.05) is 0 Å². The molecule has 0 radical (unpaired) electrons. The summed E-state index contributed by atoms with van der Waals surface area (Å²) in [6.07, 6.45) is 3.48. The average molecular weight is 319 g/mol. The van der Waals surface area contributed by atoms with Gasteiger partial charge in [0.25, 0.3) is 5.91 Å². The van der Waals surface area contributed by atoms with E-state index >= 15 is 0 Å². The van der Waals surface area contributed by atoms with Crippen molar-refractivity contribution in [1.29, 1.82) is 0 Å². The molecule has 0 saturated carbocycles. The third-order valence-corrected chi connectivity index (χ3v) is 3.55. The van der Waals surface area contributed by atoms with Gasteiger partial charge in [0, 0.05) is 23.3 Å². The molecule has 0 aliphatic rings. The minimum Gasteiger partial charge on any atom is -0.345 e. The number of nitrogens with one attached hydrogen (secondary N) is 1. The molecule has 1 atom stereocenters. The van der Waals surface area contributed by atoms with E-state index in [1.54, 1.807) is 12.4 Å². The van der Waals surface area contributed by atoms with Gasteiger partial charge in [0.2, 0.25) is 0 Å². The van der Waals surface area contributed by atoms with E-state index in [4.69, 9.17) is 0 Å². The van der Waals surface area contributed by atoms with E-state index in [2.05, 4.69) is 26.2 Å². The summed E-state index contributed by atoms with van der Waals surface area (Å²) in [5.41, 5.74) is 2.81. The SMILES string of the molecule is C[C@H](NC(=O)c1ccc(CBr)cc1)c1cccnc1. The van der Waals surface area contributed by atoms with Crippen LogP contribution < -0.4 is 5.32 Å². The molecule has 98 valence electrons. The van der Waals surface area contributed by atoms with Crippen molar-refractivity contribution < 1.29 is 4.79 Å². The maximum atomic E-state index is 12.1. The lowest BCUT2D eigenvalue weighted by Gasteiger charge is -2.14. The molecule has 0 saturated heterocycles. The highest BCUT2D eigenvalue weighted by molar-refractivity contribution is 9.08. The Labute approximate surface area is 121 Å². The smallest absolute Gasteiger partial charge is 0.251 e. The molecule has 0 spiro atoms. The molecule has 2 rings (SSSR count). The summed E-state index contributed by atoms with van der Waals surface area (Å²) in [6, 6.07) is 11.3. The highest BCUT2D eigenvalue weighted by Gasteiger charge is 2.11. The van der Waals surface area contributed by atoms with Crippen molar-refractivity contribution in [3.05, 3.63) is 65.5 Å². The lowest BCUT2D eigenvalue weighted by molar-refractivity contribution is 0.0940. The normalized spacial score (nSPS) is 11.9. The molecule has 0 aliphatic heterocycles. The van der Waals surface area contributed by atoms with E-state index in [0.29, 0.717) is 5.56 Å². The molecule has 0 bridgehead atoms. The van der Waals surface area contributed by atoms with Crippen molar-refractivity contribution >= 4 is 21.8 Å². The van der Waals surface area contributed by atoms with Crippen molar-refractivity contribution in [1.82, 2.24) is 10.3 Å². The summed E-state index contributed by atoms with van der Waals surface area (Å²) in [4.78, 5) is 16.1. The largest absolute Gasteiger partial charge is 0.345 e. The highest BCUT2D eigenvalue weighted by atomic mass is 79.9. The third kappa shape index (κ3) is 3.64. The second kappa shape index (κ2) is 6.48. The Balaban J connectivity index is 2.04. The fourth-order valence-electron chi connectivity index (χ4n) is 1.74. The van der Waals surface area contributed by atoms with E-state index in [1.165, 1.54) is 0 Å². The Hall–Kier alpha value is -1.68. The molecule has 0 fully saturated rings. The number of benzene rings is 1. The average Bonchev–Trinajstić information content (AvgIpc) is 2.48. The summed E-state index contributed by atoms with van der Waals surface area (Å²) in [5.74, 6) is -0.0718. The van der Waals surface area contributed by atoms with E-state index in [1.807, 2.05) is 43.3 Å². The van der Waals surface area contributed by atoms with Crippen LogP contribution in [0.1, 0.15) is 34.5 Å². The maximum Gasteiger partial charge on any atom is 0.251 e. The van der Waals surface area contributed by atoms with Gasteiger partial charge < -0.3 is 5.32 Å². The fourth-order valence-corrected chi connectivity index (χ4v) is 2.11. The van der Waals surface area contributed by atoms with Crippen LogP contribution in [0.15, 0.2) is 48.8 Å². The lowest BCUT2D eigenvalue weighted by atomic mass is 10.1. The second-order valence-electron chi connectivity index (χ2n) is 4.31. The summed E-state index contributed by atoms with van der Waals surface area (Å²) in [7, 11) is 0. The van der Waals surface area contributed by atoms with Gasteiger partial charge in [-0.2, -0.15) is 0 Å². The molecule has 1 N–H and O–H groups in total. The fraction of sp³-hybridized carbons (Fsp3) is 0.200. The van der Waals surface area contributed by atoms with Gasteiger partial charge in [0.1, 0.15) is 0 Å². The molecule has 0 unspecified atom stereocenters. The van der Waals surface area contributed by atoms with E-state index in [-0.39, 0.29) is 11.9 Å². The molecule has 4 heteroatoms. The Kier molecular flexibility index (Phi) is 4.68. The van der Waals surface area contributed by atoms with Crippen LogP contribution in [-0.2, 0) is 5.33 Å². The van der Waals surface area contributed by atoms with Gasteiger partial charge in [-0.15, -0.1) is 0 Å². The molecule has 19 heavy (non-hydrogen) atoms. The maximum absolute atomic E-state index is 12.1. The first kappa shape index (κ1) is 13.7. The van der Waals surface area contributed by atoms with E-state index < -0.39 is 0 Å². The molecule has 3 nitrogen and oxygen atoms in total. The number of rotatable bonds is 4. The molecule has 1 aromatic carbocycles. The predicted octanol–water partition coefficient (Wildman–Crippen LogP) is 3.47. The zero-order chi connectivity index (χ0) is 13.7. The molecule has 0 aliphatic carbocycles. The summed E-state index contributed by atoms with van der Waals surface area (Å²) in [6.45, 7) is 1.95. The molecule has 1 heterocycles. The standard InChI is InChI=1S/C15H15BrN2O/c1-11(14-3-2-8-17-10-14)18-15(19)13-6-4-12(9-16)5-7-13/h2-8,10-11H,9H2,1H3,(H,18,19)/t11-/m0/s1. The van der Waals surface area contributed by atoms with Crippen molar-refractivity contribution in [3.8, 4) is 0 Å². The number of pyridine rings is 1. The van der Waals surface area contributed by atoms with Crippen LogP contribution in [0, 0.1) is 0 Å². The minimum atomic E-state index is -0.0718. The van der Waals surface area contributed by atoms with E-state index in [0.717, 1.165) is 16.5 Å². The molecule has 2 aromatic rings. The first-order valence-electron chi connectivity index (χ1n) is 6.06. The first-order chi connectivity index (χ1) is 9.20. The summed E-state index contributed by atoms with van der Waals surface area (Å²) in [5, 5.41) is 3.75. The number of carbonyl (C=O) groups excluding carboxylic acids is 1. The van der Waals surface area contributed by atoms with Crippen molar-refractivity contribution in [3.63, 3.8) is 0 Å². The Morgan fingerprint density at radius 1 is 1.32 bits per heavy atom. The van der Waals surface area contributed by atoms with Gasteiger partial charge in [-0.1, -0.05) is 34.1 Å². The van der Waals surface area contributed by atoms with Gasteiger partial charge in [0.15, 0.2) is 0 Å². The number of carbonyl (C=O) groups is 1. The van der Waals surface area contributed by atoms with Gasteiger partial charge >= 0.3 is 0 Å². The summed E-state index contributed by atoms with van der Waals surface area (Å²) < 4.78 is 0. The number of alkyl halides is 1. The van der Waals surface area contributed by atoms with Crippen LogP contribution in [0.5, 0.6) is 0 Å². The van der Waals surface area contributed by atoms with Crippen molar-refractivity contribution in [2.24, 2.45) is 0 Å². The summed E-state index contributed by atoms with van der Waals surface area (Å²) >= 11 is 3.38. The van der Waals surface area contributed by atoms with Crippen LogP contribution in [0.2, 0.25) is 0 Å². The van der Waals surface area contributed by atoms with Crippen molar-refractivity contribution in [2.45, 2.75) is 18.3 Å². The topological polar surface area (TPSA) is 42.0 Å². The van der Waals surface area contributed by atoms with Gasteiger partial charge in [-0.25, -0.2) is 0 Å². The Bertz CT molecular complexity index is 540. The number of hydrogen-bond donors (Lipinski definition) is 1. The van der Waals surface area contributed by atoms with Gasteiger partial charge in [-0.3, -0.25) is 9.78 Å². The number of nitrogens with zero attached hydrogens (tertiary/aromatic N) is 1. The van der Waals surface area contributed by atoms with Crippen LogP contribution in [0.3, 0.4) is 0 Å². The predicted molar refractivity (Wildman–Crippen MR) is 79.2 cm³/mol. The molecular formula is C15H15BrN2O. The van der Waals surface area contributed by atoms with Crippen LogP contribution in [0.4, 0.5) is 0 Å². The molecular weight excluding hydrogens is 304 g/mol. The quantitative estimate of drug-likeness (QED) is 0.877. The Morgan fingerprint density at radius 3 is 2.63 bits per heavy atom. The monoisotopic (exact) mass is 318 g/mol. The van der Waals surface area contributed by atoms with Crippen LogP contribution >= 0.6 is 15.9 Å². The van der Waals surface area contributed by atoms with Gasteiger partial charge in [-0.05, 0) is 36.2 Å². The molecule has 1 aromatic heterocycles. The zero-order valence-corrected chi connectivity index (χ0v) is 12.2. The zero-order valence-electron chi connectivity index (χ0n) is 10.6. The highest BCUT2D eigenvalue weighted by Crippen LogP contribution is 2.12. The third-order valence-electron chi connectivity index (χ3n) is 2.90. The number of amides is 1. The second-order valence-corrected chi connectivity index (χ2v) is 4.87. The van der Waals surface area contributed by atoms with Crippen LogP contribution in [-0.4, -0.2) is 10.9 Å². The van der Waals surface area contributed by atoms with E-state index in [9.17, 15) is 4.79 Å². The minimum absolute atomic E-state index is 0.0583. The number of halogens is 1. The van der Waals surface area contributed by atoms with Crippen LogP contribution in [0.25, 0.3) is 0 Å². The first-order valence-corrected chi connectivity index (χ1v) is 7.18. The lowest BCUT2D eigenvalue weighted by Crippen LogP contribution is -2.26. The number of aromatic nitrogens is 1. The Morgan fingerprint density at radius 2 is 2.05 bits per heavy atom. The molecule has 1 amide bonds. The van der Waals surface area contributed by atoms with Gasteiger partial charge in [0.05, 0.1) is 6.04 Å².